The van der Waals surface area contributed by atoms with Gasteiger partial charge in [-0.2, -0.15) is 0 Å². The van der Waals surface area contributed by atoms with Crippen LogP contribution < -0.4 is 15.8 Å². The van der Waals surface area contributed by atoms with Crippen LogP contribution in [0.3, 0.4) is 0 Å². The lowest BCUT2D eigenvalue weighted by molar-refractivity contribution is -0.125. The number of hydrogen-bond acceptors (Lipinski definition) is 4. The molecule has 2 rings (SSSR count). The number of aliphatic hydroxyl groups is 1. The quantitative estimate of drug-likeness (QED) is 0.643. The molecule has 1 unspecified atom stereocenters. The van der Waals surface area contributed by atoms with Crippen molar-refractivity contribution in [3.05, 3.63) is 65.7 Å². The van der Waals surface area contributed by atoms with Gasteiger partial charge in [0.15, 0.2) is 0 Å². The van der Waals surface area contributed by atoms with Crippen molar-refractivity contribution in [2.75, 3.05) is 13.7 Å². The summed E-state index contributed by atoms with van der Waals surface area (Å²) in [6.45, 7) is 0.598. The summed E-state index contributed by atoms with van der Waals surface area (Å²) in [6, 6.07) is 17.5. The van der Waals surface area contributed by atoms with E-state index in [-0.39, 0.29) is 18.7 Å². The normalized spacial score (nSPS) is 13.1. The standard InChI is InChI=1S/C19H24N2O3/c1-21-18(22)14-19(20,23)13-16-7-9-17(10-8-16)24-12-11-15-5-3-2-4-6-15/h2-10,23H,11-14,20H2,1H3,(H,21,22). The van der Waals surface area contributed by atoms with E-state index >= 15 is 0 Å². The van der Waals surface area contributed by atoms with Gasteiger partial charge in [0.2, 0.25) is 5.91 Å². The van der Waals surface area contributed by atoms with Crippen LogP contribution in [-0.2, 0) is 17.6 Å². The van der Waals surface area contributed by atoms with E-state index in [4.69, 9.17) is 10.5 Å². The highest BCUT2D eigenvalue weighted by atomic mass is 16.5. The van der Waals surface area contributed by atoms with Gasteiger partial charge in [0.25, 0.3) is 0 Å². The number of benzene rings is 2. The van der Waals surface area contributed by atoms with Gasteiger partial charge in [-0.15, -0.1) is 0 Å². The second kappa shape index (κ2) is 8.47. The molecule has 0 fully saturated rings. The molecule has 0 aliphatic rings. The molecule has 2 aromatic carbocycles. The van der Waals surface area contributed by atoms with Crippen LogP contribution in [0.1, 0.15) is 17.5 Å². The first-order chi connectivity index (χ1) is 11.5. The van der Waals surface area contributed by atoms with Crippen molar-refractivity contribution >= 4 is 5.91 Å². The molecular weight excluding hydrogens is 304 g/mol. The Morgan fingerprint density at radius 2 is 1.79 bits per heavy atom. The monoisotopic (exact) mass is 328 g/mol. The molecule has 0 saturated heterocycles. The number of nitrogens with two attached hydrogens (primary N) is 1. The summed E-state index contributed by atoms with van der Waals surface area (Å²) >= 11 is 0. The molecule has 0 aromatic heterocycles. The Kier molecular flexibility index (Phi) is 6.35. The Morgan fingerprint density at radius 1 is 1.12 bits per heavy atom. The molecule has 1 amide bonds. The lowest BCUT2D eigenvalue weighted by atomic mass is 10.00. The fourth-order valence-corrected chi connectivity index (χ4v) is 2.42. The molecule has 0 heterocycles. The highest BCUT2D eigenvalue weighted by Crippen LogP contribution is 2.17. The predicted molar refractivity (Wildman–Crippen MR) is 93.6 cm³/mol. The third-order valence-corrected chi connectivity index (χ3v) is 3.68. The van der Waals surface area contributed by atoms with Gasteiger partial charge in [-0.1, -0.05) is 42.5 Å². The largest absolute Gasteiger partial charge is 0.493 e. The molecule has 4 N–H and O–H groups in total. The molecule has 128 valence electrons. The van der Waals surface area contributed by atoms with Crippen LogP contribution in [0.4, 0.5) is 0 Å². The number of nitrogens with one attached hydrogen (secondary N) is 1. The van der Waals surface area contributed by atoms with E-state index in [0.717, 1.165) is 17.7 Å². The third kappa shape index (κ3) is 6.02. The maximum Gasteiger partial charge on any atom is 0.224 e. The van der Waals surface area contributed by atoms with Gasteiger partial charge in [0, 0.05) is 19.9 Å². The molecule has 0 aliphatic carbocycles. The molecule has 0 radical (unpaired) electrons. The summed E-state index contributed by atoms with van der Waals surface area (Å²) in [5.41, 5.74) is 6.29. The van der Waals surface area contributed by atoms with Gasteiger partial charge in [0.05, 0.1) is 13.0 Å². The van der Waals surface area contributed by atoms with Crippen LogP contribution in [0.15, 0.2) is 54.6 Å². The number of carbonyl (C=O) groups excluding carboxylic acids is 1. The Bertz CT molecular complexity index is 639. The summed E-state index contributed by atoms with van der Waals surface area (Å²) in [7, 11) is 1.51. The molecule has 1 atom stereocenters. The van der Waals surface area contributed by atoms with Gasteiger partial charge in [-0.25, -0.2) is 0 Å². The highest BCUT2D eigenvalue weighted by Gasteiger charge is 2.24. The Balaban J connectivity index is 1.83. The van der Waals surface area contributed by atoms with Crippen molar-refractivity contribution in [3.63, 3.8) is 0 Å². The average molecular weight is 328 g/mol. The van der Waals surface area contributed by atoms with Gasteiger partial charge < -0.3 is 20.9 Å². The summed E-state index contributed by atoms with van der Waals surface area (Å²) in [5, 5.41) is 12.5. The number of amides is 1. The van der Waals surface area contributed by atoms with Crippen molar-refractivity contribution in [3.8, 4) is 5.75 Å². The summed E-state index contributed by atoms with van der Waals surface area (Å²) < 4.78 is 5.72. The van der Waals surface area contributed by atoms with Crippen LogP contribution in [0.25, 0.3) is 0 Å². The first-order valence-corrected chi connectivity index (χ1v) is 7.96. The highest BCUT2D eigenvalue weighted by molar-refractivity contribution is 5.76. The van der Waals surface area contributed by atoms with Gasteiger partial charge >= 0.3 is 0 Å². The van der Waals surface area contributed by atoms with Gasteiger partial charge in [-0.05, 0) is 23.3 Å². The zero-order chi connectivity index (χ0) is 17.4. The molecule has 0 saturated carbocycles. The van der Waals surface area contributed by atoms with Gasteiger partial charge in [-0.3, -0.25) is 4.79 Å². The van der Waals surface area contributed by atoms with Gasteiger partial charge in [0.1, 0.15) is 11.5 Å². The van der Waals surface area contributed by atoms with Crippen molar-refractivity contribution in [2.45, 2.75) is 25.0 Å². The second-order valence-corrected chi connectivity index (χ2v) is 5.86. The van der Waals surface area contributed by atoms with Crippen LogP contribution in [0, 0.1) is 0 Å². The average Bonchev–Trinajstić information content (AvgIpc) is 2.56. The molecule has 24 heavy (non-hydrogen) atoms. The van der Waals surface area contributed by atoms with Crippen molar-refractivity contribution in [1.29, 1.82) is 0 Å². The molecule has 5 nitrogen and oxygen atoms in total. The zero-order valence-electron chi connectivity index (χ0n) is 13.9. The molecular formula is C19H24N2O3. The van der Waals surface area contributed by atoms with E-state index < -0.39 is 5.72 Å². The summed E-state index contributed by atoms with van der Waals surface area (Å²) in [5.74, 6) is 0.474. The van der Waals surface area contributed by atoms with E-state index in [2.05, 4.69) is 17.4 Å². The minimum Gasteiger partial charge on any atom is -0.493 e. The molecule has 5 heteroatoms. The predicted octanol–water partition coefficient (Wildman–Crippen LogP) is 1.63. The molecule has 0 bridgehead atoms. The first-order valence-electron chi connectivity index (χ1n) is 7.96. The van der Waals surface area contributed by atoms with Crippen molar-refractivity contribution < 1.29 is 14.6 Å². The fraction of sp³-hybridized carbons (Fsp3) is 0.316. The van der Waals surface area contributed by atoms with E-state index in [1.54, 1.807) is 0 Å². The molecule has 2 aromatic rings. The van der Waals surface area contributed by atoms with Crippen molar-refractivity contribution in [2.24, 2.45) is 5.73 Å². The number of hydrogen-bond donors (Lipinski definition) is 3. The SMILES string of the molecule is CNC(=O)CC(N)(O)Cc1ccc(OCCc2ccccc2)cc1. The Hall–Kier alpha value is -2.37. The topological polar surface area (TPSA) is 84.6 Å². The summed E-state index contributed by atoms with van der Waals surface area (Å²) in [4.78, 5) is 11.3. The molecule has 0 spiro atoms. The van der Waals surface area contributed by atoms with Crippen molar-refractivity contribution in [1.82, 2.24) is 5.32 Å². The summed E-state index contributed by atoms with van der Waals surface area (Å²) in [6.07, 6.45) is 0.904. The van der Waals surface area contributed by atoms with E-state index in [1.165, 1.54) is 12.6 Å². The van der Waals surface area contributed by atoms with E-state index in [0.29, 0.717) is 6.61 Å². The maximum absolute atomic E-state index is 11.3. The van der Waals surface area contributed by atoms with Crippen LogP contribution in [0.2, 0.25) is 0 Å². The third-order valence-electron chi connectivity index (χ3n) is 3.68. The fourth-order valence-electron chi connectivity index (χ4n) is 2.42. The zero-order valence-corrected chi connectivity index (χ0v) is 13.9. The minimum absolute atomic E-state index is 0.140. The number of rotatable bonds is 8. The maximum atomic E-state index is 11.3. The number of carbonyl (C=O) groups is 1. The Morgan fingerprint density at radius 3 is 2.42 bits per heavy atom. The van der Waals surface area contributed by atoms with E-state index in [1.807, 2.05) is 42.5 Å². The molecule has 0 aliphatic heterocycles. The lowest BCUT2D eigenvalue weighted by Crippen LogP contribution is -2.45. The Labute approximate surface area is 142 Å². The lowest BCUT2D eigenvalue weighted by Gasteiger charge is -2.22. The van der Waals surface area contributed by atoms with E-state index in [9.17, 15) is 9.90 Å². The smallest absolute Gasteiger partial charge is 0.224 e. The van der Waals surface area contributed by atoms with Crippen LogP contribution in [0.5, 0.6) is 5.75 Å². The van der Waals surface area contributed by atoms with Crippen LogP contribution in [-0.4, -0.2) is 30.4 Å². The number of ether oxygens (including phenoxy) is 1. The first kappa shape index (κ1) is 18.0. The van der Waals surface area contributed by atoms with Crippen LogP contribution >= 0.6 is 0 Å². The second-order valence-electron chi connectivity index (χ2n) is 5.86. The minimum atomic E-state index is -1.56.